The smallest absolute Gasteiger partial charge is 0.268 e. The van der Waals surface area contributed by atoms with E-state index in [0.29, 0.717) is 27.0 Å². The van der Waals surface area contributed by atoms with Crippen molar-refractivity contribution in [3.05, 3.63) is 44.9 Å². The molecule has 0 aliphatic rings. The van der Waals surface area contributed by atoms with Gasteiger partial charge in [-0.05, 0) is 44.0 Å². The lowest BCUT2D eigenvalue weighted by atomic mass is 10.1. The highest BCUT2D eigenvalue weighted by molar-refractivity contribution is 7.21. The second-order valence-corrected chi connectivity index (χ2v) is 7.21. The molecule has 1 aromatic carbocycles. The van der Waals surface area contributed by atoms with Gasteiger partial charge in [0.05, 0.1) is 18.5 Å². The van der Waals surface area contributed by atoms with Crippen LogP contribution in [-0.4, -0.2) is 18.0 Å². The summed E-state index contributed by atoms with van der Waals surface area (Å²) in [6, 6.07) is 5.02. The number of halogens is 1. The van der Waals surface area contributed by atoms with Gasteiger partial charge in [0, 0.05) is 22.2 Å². The molecule has 0 saturated heterocycles. The summed E-state index contributed by atoms with van der Waals surface area (Å²) in [4.78, 5) is 18.5. The topological polar surface area (TPSA) is 77.2 Å². The number of hydrogen-bond acceptors (Lipinski definition) is 5. The van der Waals surface area contributed by atoms with Gasteiger partial charge in [-0.1, -0.05) is 11.6 Å². The van der Waals surface area contributed by atoms with E-state index in [4.69, 9.17) is 22.1 Å². The Balaban J connectivity index is 2.04. The number of ether oxygens (including phenoxy) is 1. The third-order valence-corrected chi connectivity index (χ3v) is 5.63. The molecule has 3 N–H and O–H groups in total. The Bertz CT molecular complexity index is 998. The third-order valence-electron chi connectivity index (χ3n) is 4.29. The number of methoxy groups -OCH3 is 1. The summed E-state index contributed by atoms with van der Waals surface area (Å²) in [7, 11) is 1.52. The lowest BCUT2D eigenvalue weighted by molar-refractivity contribution is 0.103. The van der Waals surface area contributed by atoms with Crippen molar-refractivity contribution in [2.45, 2.75) is 20.8 Å². The minimum absolute atomic E-state index is 0.296. The molecule has 3 aromatic rings. The standard InChI is InChI=1S/C18H18ClN3O2S/c1-8-9(2)14-15(20)16(25-18(14)21-10(8)3)17(23)22-12-6-5-11(19)7-13(12)24-4/h5-7H,20H2,1-4H3,(H,22,23). The SMILES string of the molecule is COc1cc(Cl)ccc1NC(=O)c1sc2nc(C)c(C)c(C)c2c1N. The van der Waals surface area contributed by atoms with E-state index >= 15 is 0 Å². The molecule has 5 nitrogen and oxygen atoms in total. The van der Waals surface area contributed by atoms with Crippen molar-refractivity contribution in [1.82, 2.24) is 4.98 Å². The zero-order chi connectivity index (χ0) is 18.3. The molecule has 0 atom stereocenters. The van der Waals surface area contributed by atoms with E-state index in [1.165, 1.54) is 18.4 Å². The van der Waals surface area contributed by atoms with Gasteiger partial charge in [0.15, 0.2) is 0 Å². The first-order valence-electron chi connectivity index (χ1n) is 7.64. The molecule has 0 fully saturated rings. The molecule has 2 aromatic heterocycles. The van der Waals surface area contributed by atoms with Crippen LogP contribution < -0.4 is 15.8 Å². The average molecular weight is 376 g/mol. The van der Waals surface area contributed by atoms with Gasteiger partial charge in [0.25, 0.3) is 5.91 Å². The number of pyridine rings is 1. The molecular formula is C18H18ClN3O2S. The number of carbonyl (C=O) groups excluding carboxylic acids is 1. The Morgan fingerprint density at radius 2 is 2.00 bits per heavy atom. The second-order valence-electron chi connectivity index (χ2n) is 5.77. The number of carbonyl (C=O) groups is 1. The van der Waals surface area contributed by atoms with E-state index in [1.807, 2.05) is 20.8 Å². The van der Waals surface area contributed by atoms with Crippen LogP contribution in [0.2, 0.25) is 5.02 Å². The third kappa shape index (κ3) is 3.03. The number of nitrogens with one attached hydrogen (secondary N) is 1. The molecule has 0 radical (unpaired) electrons. The molecule has 0 aliphatic carbocycles. The number of aryl methyl sites for hydroxylation is 2. The summed E-state index contributed by atoms with van der Waals surface area (Å²) < 4.78 is 5.26. The van der Waals surface area contributed by atoms with Gasteiger partial charge in [-0.15, -0.1) is 11.3 Å². The highest BCUT2D eigenvalue weighted by Crippen LogP contribution is 2.37. The van der Waals surface area contributed by atoms with Crippen LogP contribution in [0.3, 0.4) is 0 Å². The van der Waals surface area contributed by atoms with E-state index in [0.717, 1.165) is 27.0 Å². The number of thiophene rings is 1. The number of fused-ring (bicyclic) bond motifs is 1. The minimum Gasteiger partial charge on any atom is -0.495 e. The number of aromatic nitrogens is 1. The number of nitrogens with zero attached hydrogens (tertiary/aromatic N) is 1. The highest BCUT2D eigenvalue weighted by Gasteiger charge is 2.21. The Kier molecular flexibility index (Phi) is 4.58. The molecule has 0 spiro atoms. The summed E-state index contributed by atoms with van der Waals surface area (Å²) in [5.41, 5.74) is 10.3. The summed E-state index contributed by atoms with van der Waals surface area (Å²) in [5.74, 6) is 0.192. The normalized spacial score (nSPS) is 10.9. The maximum atomic E-state index is 12.7. The molecular weight excluding hydrogens is 358 g/mol. The quantitative estimate of drug-likeness (QED) is 0.694. The van der Waals surface area contributed by atoms with Crippen molar-refractivity contribution in [3.8, 4) is 5.75 Å². The number of amides is 1. The van der Waals surface area contributed by atoms with E-state index in [1.54, 1.807) is 18.2 Å². The fourth-order valence-electron chi connectivity index (χ4n) is 2.68. The predicted octanol–water partition coefficient (Wildman–Crippen LogP) is 4.72. The van der Waals surface area contributed by atoms with Gasteiger partial charge < -0.3 is 15.8 Å². The van der Waals surface area contributed by atoms with Crippen LogP contribution in [0.4, 0.5) is 11.4 Å². The van der Waals surface area contributed by atoms with Crippen LogP contribution in [0.5, 0.6) is 5.75 Å². The van der Waals surface area contributed by atoms with Gasteiger partial charge in [0.2, 0.25) is 0 Å². The summed E-state index contributed by atoms with van der Waals surface area (Å²) >= 11 is 7.25. The maximum Gasteiger partial charge on any atom is 0.268 e. The zero-order valence-corrected chi connectivity index (χ0v) is 15.9. The molecule has 0 aliphatic heterocycles. The number of anilines is 2. The molecule has 3 rings (SSSR count). The second kappa shape index (κ2) is 6.54. The molecule has 1 amide bonds. The van der Waals surface area contributed by atoms with Crippen LogP contribution in [-0.2, 0) is 0 Å². The average Bonchev–Trinajstić information content (AvgIpc) is 2.90. The fraction of sp³-hybridized carbons (Fsp3) is 0.222. The Morgan fingerprint density at radius 1 is 1.28 bits per heavy atom. The van der Waals surface area contributed by atoms with Crippen molar-refractivity contribution in [3.63, 3.8) is 0 Å². The molecule has 25 heavy (non-hydrogen) atoms. The Labute approximate surface area is 154 Å². The van der Waals surface area contributed by atoms with Crippen LogP contribution in [0.1, 0.15) is 26.5 Å². The number of nitrogen functional groups attached to an aromatic ring is 1. The molecule has 2 heterocycles. The van der Waals surface area contributed by atoms with Crippen LogP contribution in [0.25, 0.3) is 10.2 Å². The van der Waals surface area contributed by atoms with E-state index in [-0.39, 0.29) is 5.91 Å². The van der Waals surface area contributed by atoms with Crippen LogP contribution >= 0.6 is 22.9 Å². The van der Waals surface area contributed by atoms with Crippen LogP contribution in [0, 0.1) is 20.8 Å². The van der Waals surface area contributed by atoms with Crippen molar-refractivity contribution < 1.29 is 9.53 Å². The van der Waals surface area contributed by atoms with Gasteiger partial charge in [-0.25, -0.2) is 4.98 Å². The Hall–Kier alpha value is -2.31. The first-order valence-corrected chi connectivity index (χ1v) is 8.83. The number of nitrogens with two attached hydrogens (primary N) is 1. The monoisotopic (exact) mass is 375 g/mol. The number of rotatable bonds is 3. The lowest BCUT2D eigenvalue weighted by Crippen LogP contribution is -2.12. The summed E-state index contributed by atoms with van der Waals surface area (Å²) in [6.07, 6.45) is 0. The number of benzene rings is 1. The first-order chi connectivity index (χ1) is 11.8. The summed E-state index contributed by atoms with van der Waals surface area (Å²) in [5, 5.41) is 4.21. The lowest BCUT2D eigenvalue weighted by Gasteiger charge is -2.10. The minimum atomic E-state index is -0.296. The fourth-order valence-corrected chi connectivity index (χ4v) is 3.94. The van der Waals surface area contributed by atoms with Gasteiger partial charge >= 0.3 is 0 Å². The summed E-state index contributed by atoms with van der Waals surface area (Å²) in [6.45, 7) is 5.96. The van der Waals surface area contributed by atoms with Crippen molar-refractivity contribution in [1.29, 1.82) is 0 Å². The van der Waals surface area contributed by atoms with Crippen molar-refractivity contribution >= 4 is 50.4 Å². The van der Waals surface area contributed by atoms with E-state index in [9.17, 15) is 4.79 Å². The van der Waals surface area contributed by atoms with Crippen LogP contribution in [0.15, 0.2) is 18.2 Å². The van der Waals surface area contributed by atoms with Gasteiger partial charge in [0.1, 0.15) is 15.5 Å². The largest absolute Gasteiger partial charge is 0.495 e. The highest BCUT2D eigenvalue weighted by atomic mass is 35.5. The van der Waals surface area contributed by atoms with Gasteiger partial charge in [-0.2, -0.15) is 0 Å². The molecule has 130 valence electrons. The van der Waals surface area contributed by atoms with E-state index < -0.39 is 0 Å². The molecule has 0 unspecified atom stereocenters. The van der Waals surface area contributed by atoms with Crippen molar-refractivity contribution in [2.75, 3.05) is 18.2 Å². The van der Waals surface area contributed by atoms with Crippen molar-refractivity contribution in [2.24, 2.45) is 0 Å². The first kappa shape index (κ1) is 17.5. The van der Waals surface area contributed by atoms with Gasteiger partial charge in [-0.3, -0.25) is 4.79 Å². The maximum absolute atomic E-state index is 12.7. The zero-order valence-electron chi connectivity index (χ0n) is 14.4. The predicted molar refractivity (Wildman–Crippen MR) is 104 cm³/mol. The molecule has 7 heteroatoms. The molecule has 0 saturated carbocycles. The number of hydrogen-bond donors (Lipinski definition) is 2. The Morgan fingerprint density at radius 3 is 2.68 bits per heavy atom. The molecule has 0 bridgehead atoms. The van der Waals surface area contributed by atoms with E-state index in [2.05, 4.69) is 10.3 Å².